The van der Waals surface area contributed by atoms with E-state index in [4.69, 9.17) is 4.74 Å². The molecule has 0 aliphatic heterocycles. The van der Waals surface area contributed by atoms with Crippen LogP contribution in [-0.4, -0.2) is 45.7 Å². The Kier molecular flexibility index (Phi) is 5.95. The van der Waals surface area contributed by atoms with Gasteiger partial charge in [0.25, 0.3) is 0 Å². The normalized spacial score (nSPS) is 10.4. The quantitative estimate of drug-likeness (QED) is 0.623. The van der Waals surface area contributed by atoms with Gasteiger partial charge in [-0.1, -0.05) is 24.3 Å². The fraction of sp³-hybridized carbons (Fsp3) is 0.211. The summed E-state index contributed by atoms with van der Waals surface area (Å²) in [4.78, 5) is 24.2. The molecular weight excluding hydrogens is 360 g/mol. The standard InChI is InChI=1S/C19H20N6O3/c1-13-22-23-24-25(13)16-8-5-7-15(12-16)21-19(27)18(26)20-11-10-14-6-3-4-9-17(14)28-2/h3-9,12H,10-11H2,1-2H3,(H,20,26)(H,21,27). The third kappa shape index (κ3) is 4.50. The first-order valence-corrected chi connectivity index (χ1v) is 8.65. The van der Waals surface area contributed by atoms with Crippen LogP contribution in [0.25, 0.3) is 5.69 Å². The number of methoxy groups -OCH3 is 1. The number of anilines is 1. The minimum Gasteiger partial charge on any atom is -0.496 e. The predicted molar refractivity (Wildman–Crippen MR) is 102 cm³/mol. The van der Waals surface area contributed by atoms with E-state index in [1.165, 1.54) is 4.68 Å². The number of nitrogens with zero attached hydrogens (tertiary/aromatic N) is 4. The summed E-state index contributed by atoms with van der Waals surface area (Å²) in [5.41, 5.74) is 2.10. The lowest BCUT2D eigenvalue weighted by Crippen LogP contribution is -2.36. The van der Waals surface area contributed by atoms with Gasteiger partial charge < -0.3 is 15.4 Å². The Labute approximate surface area is 161 Å². The molecule has 0 unspecified atom stereocenters. The molecule has 144 valence electrons. The zero-order valence-electron chi connectivity index (χ0n) is 15.5. The zero-order valence-corrected chi connectivity index (χ0v) is 15.5. The van der Waals surface area contributed by atoms with Crippen LogP contribution in [0.4, 0.5) is 5.69 Å². The van der Waals surface area contributed by atoms with Crippen molar-refractivity contribution < 1.29 is 14.3 Å². The Bertz CT molecular complexity index is 985. The van der Waals surface area contributed by atoms with E-state index < -0.39 is 11.8 Å². The van der Waals surface area contributed by atoms with E-state index in [1.54, 1.807) is 38.3 Å². The fourth-order valence-corrected chi connectivity index (χ4v) is 2.67. The summed E-state index contributed by atoms with van der Waals surface area (Å²) in [6.45, 7) is 2.08. The lowest BCUT2D eigenvalue weighted by molar-refractivity contribution is -0.136. The van der Waals surface area contributed by atoms with Crippen LogP contribution >= 0.6 is 0 Å². The summed E-state index contributed by atoms with van der Waals surface area (Å²) in [5.74, 6) is -0.0991. The molecule has 0 saturated carbocycles. The molecule has 2 aromatic carbocycles. The van der Waals surface area contributed by atoms with Gasteiger partial charge in [0.15, 0.2) is 5.82 Å². The maximum Gasteiger partial charge on any atom is 0.313 e. The van der Waals surface area contributed by atoms with E-state index in [2.05, 4.69) is 26.2 Å². The van der Waals surface area contributed by atoms with Crippen LogP contribution in [0.3, 0.4) is 0 Å². The Hall–Kier alpha value is -3.75. The summed E-state index contributed by atoms with van der Waals surface area (Å²) in [5, 5.41) is 16.5. The SMILES string of the molecule is COc1ccccc1CCNC(=O)C(=O)Nc1cccc(-n2nnnc2C)c1. The average Bonchev–Trinajstić information content (AvgIpc) is 3.14. The Morgan fingerprint density at radius 2 is 1.93 bits per heavy atom. The van der Waals surface area contributed by atoms with Gasteiger partial charge in [-0.2, -0.15) is 4.68 Å². The van der Waals surface area contributed by atoms with Crippen LogP contribution in [0.15, 0.2) is 48.5 Å². The Morgan fingerprint density at radius 3 is 2.68 bits per heavy atom. The van der Waals surface area contributed by atoms with Gasteiger partial charge in [0.2, 0.25) is 0 Å². The van der Waals surface area contributed by atoms with E-state index in [0.29, 0.717) is 30.2 Å². The summed E-state index contributed by atoms with van der Waals surface area (Å²) in [7, 11) is 1.59. The number of amides is 2. The van der Waals surface area contributed by atoms with Crippen molar-refractivity contribution in [2.24, 2.45) is 0 Å². The number of aryl methyl sites for hydroxylation is 1. The van der Waals surface area contributed by atoms with Crippen molar-refractivity contribution in [2.45, 2.75) is 13.3 Å². The van der Waals surface area contributed by atoms with E-state index in [1.807, 2.05) is 24.3 Å². The summed E-state index contributed by atoms with van der Waals surface area (Å²) < 4.78 is 6.80. The number of carbonyl (C=O) groups excluding carboxylic acids is 2. The van der Waals surface area contributed by atoms with Crippen molar-refractivity contribution in [1.82, 2.24) is 25.5 Å². The molecule has 9 heteroatoms. The number of tetrazole rings is 1. The second-order valence-corrected chi connectivity index (χ2v) is 5.96. The molecule has 3 aromatic rings. The number of rotatable bonds is 6. The fourth-order valence-electron chi connectivity index (χ4n) is 2.67. The number of hydrogen-bond acceptors (Lipinski definition) is 6. The van der Waals surface area contributed by atoms with Gasteiger partial charge in [0, 0.05) is 12.2 Å². The lowest BCUT2D eigenvalue weighted by atomic mass is 10.1. The second-order valence-electron chi connectivity index (χ2n) is 5.96. The first-order chi connectivity index (χ1) is 13.6. The van der Waals surface area contributed by atoms with Gasteiger partial charge in [-0.05, 0) is 53.6 Å². The van der Waals surface area contributed by atoms with Gasteiger partial charge in [-0.3, -0.25) is 9.59 Å². The lowest BCUT2D eigenvalue weighted by Gasteiger charge is -2.10. The number of para-hydroxylation sites is 1. The first kappa shape index (κ1) is 19.0. The molecule has 2 N–H and O–H groups in total. The molecule has 0 spiro atoms. The highest BCUT2D eigenvalue weighted by atomic mass is 16.5. The van der Waals surface area contributed by atoms with Crippen LogP contribution in [0, 0.1) is 6.92 Å². The van der Waals surface area contributed by atoms with Crippen molar-refractivity contribution in [3.8, 4) is 11.4 Å². The molecule has 2 amide bonds. The maximum atomic E-state index is 12.1. The number of benzene rings is 2. The van der Waals surface area contributed by atoms with Gasteiger partial charge in [-0.15, -0.1) is 5.10 Å². The highest BCUT2D eigenvalue weighted by molar-refractivity contribution is 6.39. The molecule has 0 fully saturated rings. The summed E-state index contributed by atoms with van der Waals surface area (Å²) in [6.07, 6.45) is 0.553. The summed E-state index contributed by atoms with van der Waals surface area (Å²) in [6, 6.07) is 14.4. The minimum absolute atomic E-state index is 0.316. The van der Waals surface area contributed by atoms with Crippen LogP contribution in [0.2, 0.25) is 0 Å². The third-order valence-electron chi connectivity index (χ3n) is 4.05. The van der Waals surface area contributed by atoms with Crippen LogP contribution in [-0.2, 0) is 16.0 Å². The van der Waals surface area contributed by atoms with Crippen molar-refractivity contribution in [3.63, 3.8) is 0 Å². The van der Waals surface area contributed by atoms with Gasteiger partial charge in [0.1, 0.15) is 5.75 Å². The van der Waals surface area contributed by atoms with Crippen LogP contribution < -0.4 is 15.4 Å². The number of nitrogens with one attached hydrogen (secondary N) is 2. The first-order valence-electron chi connectivity index (χ1n) is 8.65. The highest BCUT2D eigenvalue weighted by Gasteiger charge is 2.14. The largest absolute Gasteiger partial charge is 0.496 e. The van der Waals surface area contributed by atoms with E-state index in [-0.39, 0.29) is 0 Å². The van der Waals surface area contributed by atoms with Crippen molar-refractivity contribution in [3.05, 3.63) is 59.9 Å². The number of hydrogen-bond donors (Lipinski definition) is 2. The number of aromatic nitrogens is 4. The monoisotopic (exact) mass is 380 g/mol. The zero-order chi connectivity index (χ0) is 19.9. The Balaban J connectivity index is 1.56. The molecule has 28 heavy (non-hydrogen) atoms. The topological polar surface area (TPSA) is 111 Å². The summed E-state index contributed by atoms with van der Waals surface area (Å²) >= 11 is 0. The Morgan fingerprint density at radius 1 is 1.11 bits per heavy atom. The molecule has 0 saturated heterocycles. The molecular formula is C19H20N6O3. The second kappa shape index (κ2) is 8.76. The van der Waals surface area contributed by atoms with E-state index in [9.17, 15) is 9.59 Å². The third-order valence-corrected chi connectivity index (χ3v) is 4.05. The molecule has 0 bridgehead atoms. The average molecular weight is 380 g/mol. The molecule has 0 radical (unpaired) electrons. The number of ether oxygens (including phenoxy) is 1. The molecule has 0 aliphatic rings. The molecule has 1 heterocycles. The van der Waals surface area contributed by atoms with Crippen molar-refractivity contribution in [1.29, 1.82) is 0 Å². The highest BCUT2D eigenvalue weighted by Crippen LogP contribution is 2.17. The molecule has 1 aromatic heterocycles. The van der Waals surface area contributed by atoms with Gasteiger partial charge >= 0.3 is 11.8 Å². The predicted octanol–water partition coefficient (Wildman–Crippen LogP) is 1.28. The van der Waals surface area contributed by atoms with Crippen molar-refractivity contribution >= 4 is 17.5 Å². The van der Waals surface area contributed by atoms with Crippen molar-refractivity contribution in [2.75, 3.05) is 19.0 Å². The molecule has 0 atom stereocenters. The minimum atomic E-state index is -0.745. The molecule has 3 rings (SSSR count). The van der Waals surface area contributed by atoms with Crippen LogP contribution in [0.1, 0.15) is 11.4 Å². The smallest absolute Gasteiger partial charge is 0.313 e. The number of carbonyl (C=O) groups is 2. The molecule has 0 aliphatic carbocycles. The van der Waals surface area contributed by atoms with Gasteiger partial charge in [0.05, 0.1) is 12.8 Å². The van der Waals surface area contributed by atoms with E-state index >= 15 is 0 Å². The van der Waals surface area contributed by atoms with Crippen LogP contribution in [0.5, 0.6) is 5.75 Å². The van der Waals surface area contributed by atoms with Gasteiger partial charge in [-0.25, -0.2) is 0 Å². The van der Waals surface area contributed by atoms with E-state index in [0.717, 1.165) is 11.3 Å². The molecule has 9 nitrogen and oxygen atoms in total. The maximum absolute atomic E-state index is 12.1.